The molecule has 0 bridgehead atoms. The number of benzene rings is 2. The number of aryl methyl sites for hydroxylation is 2. The average molecular weight is 374 g/mol. The first-order chi connectivity index (χ1) is 13.4. The van der Waals surface area contributed by atoms with Crippen LogP contribution < -0.4 is 16.0 Å². The predicted molar refractivity (Wildman–Crippen MR) is 112 cm³/mol. The SMILES string of the molecule is CC(=O)Nc1cccc(Nc2cncc(C(=O)Nc3ccc(C)c(C)c3)c2)c1. The minimum atomic E-state index is -0.230. The number of rotatable bonds is 5. The zero-order valence-corrected chi connectivity index (χ0v) is 16.0. The van der Waals surface area contributed by atoms with Gasteiger partial charge in [0.1, 0.15) is 0 Å². The summed E-state index contributed by atoms with van der Waals surface area (Å²) in [6.45, 7) is 5.49. The fourth-order valence-corrected chi connectivity index (χ4v) is 2.70. The van der Waals surface area contributed by atoms with Crippen molar-refractivity contribution in [1.29, 1.82) is 0 Å². The van der Waals surface area contributed by atoms with Crippen LogP contribution in [-0.2, 0) is 4.79 Å². The molecule has 142 valence electrons. The van der Waals surface area contributed by atoms with E-state index >= 15 is 0 Å². The molecule has 2 aromatic carbocycles. The molecule has 6 nitrogen and oxygen atoms in total. The highest BCUT2D eigenvalue weighted by Crippen LogP contribution is 2.21. The second kappa shape index (κ2) is 8.35. The van der Waals surface area contributed by atoms with Gasteiger partial charge in [-0.2, -0.15) is 0 Å². The summed E-state index contributed by atoms with van der Waals surface area (Å²) in [7, 11) is 0. The van der Waals surface area contributed by atoms with Gasteiger partial charge >= 0.3 is 0 Å². The molecular formula is C22H22N4O2. The molecule has 0 radical (unpaired) electrons. The van der Waals surface area contributed by atoms with E-state index in [2.05, 4.69) is 20.9 Å². The summed E-state index contributed by atoms with van der Waals surface area (Å²) < 4.78 is 0. The van der Waals surface area contributed by atoms with Crippen molar-refractivity contribution in [2.75, 3.05) is 16.0 Å². The van der Waals surface area contributed by atoms with Gasteiger partial charge in [0, 0.05) is 30.2 Å². The number of aromatic nitrogens is 1. The van der Waals surface area contributed by atoms with Crippen molar-refractivity contribution in [2.24, 2.45) is 0 Å². The third kappa shape index (κ3) is 4.94. The molecule has 0 saturated carbocycles. The smallest absolute Gasteiger partial charge is 0.257 e. The monoisotopic (exact) mass is 374 g/mol. The van der Waals surface area contributed by atoms with Crippen molar-refractivity contribution < 1.29 is 9.59 Å². The van der Waals surface area contributed by atoms with E-state index in [-0.39, 0.29) is 11.8 Å². The van der Waals surface area contributed by atoms with Gasteiger partial charge < -0.3 is 16.0 Å². The van der Waals surface area contributed by atoms with Crippen LogP contribution in [0.25, 0.3) is 0 Å². The number of hydrogen-bond acceptors (Lipinski definition) is 4. The molecule has 1 heterocycles. The Hall–Kier alpha value is -3.67. The highest BCUT2D eigenvalue weighted by molar-refractivity contribution is 6.04. The van der Waals surface area contributed by atoms with Gasteiger partial charge in [0.15, 0.2) is 0 Å². The Balaban J connectivity index is 1.73. The van der Waals surface area contributed by atoms with Crippen LogP contribution >= 0.6 is 0 Å². The standard InChI is InChI=1S/C22H22N4O2/c1-14-7-8-20(9-15(14)2)26-22(28)17-10-21(13-23-12-17)25-19-6-4-5-18(11-19)24-16(3)27/h4-13,25H,1-3H3,(H,24,27)(H,26,28). The van der Waals surface area contributed by atoms with E-state index in [9.17, 15) is 9.59 Å². The molecule has 0 fully saturated rings. The summed E-state index contributed by atoms with van der Waals surface area (Å²) >= 11 is 0. The van der Waals surface area contributed by atoms with E-state index < -0.39 is 0 Å². The predicted octanol–water partition coefficient (Wildman–Crippen LogP) is 4.65. The second-order valence-corrected chi connectivity index (χ2v) is 6.60. The van der Waals surface area contributed by atoms with Crippen molar-refractivity contribution in [2.45, 2.75) is 20.8 Å². The van der Waals surface area contributed by atoms with Crippen molar-refractivity contribution in [3.8, 4) is 0 Å². The van der Waals surface area contributed by atoms with Crippen molar-refractivity contribution in [1.82, 2.24) is 4.98 Å². The van der Waals surface area contributed by atoms with Crippen LogP contribution in [0.5, 0.6) is 0 Å². The zero-order chi connectivity index (χ0) is 20.1. The van der Waals surface area contributed by atoms with E-state index in [0.717, 1.165) is 16.9 Å². The molecule has 0 spiro atoms. The van der Waals surface area contributed by atoms with Gasteiger partial charge in [-0.05, 0) is 61.4 Å². The molecule has 1 aromatic heterocycles. The fraction of sp³-hybridized carbons (Fsp3) is 0.136. The molecule has 3 aromatic rings. The molecule has 28 heavy (non-hydrogen) atoms. The Morgan fingerprint density at radius 1 is 0.786 bits per heavy atom. The first-order valence-corrected chi connectivity index (χ1v) is 8.89. The number of nitrogens with one attached hydrogen (secondary N) is 3. The summed E-state index contributed by atoms with van der Waals surface area (Å²) in [6, 6.07) is 14.8. The van der Waals surface area contributed by atoms with E-state index in [0.29, 0.717) is 16.9 Å². The summed E-state index contributed by atoms with van der Waals surface area (Å²) in [5, 5.41) is 8.83. The Labute approximate surface area is 164 Å². The molecule has 0 unspecified atom stereocenters. The third-order valence-corrected chi connectivity index (χ3v) is 4.24. The van der Waals surface area contributed by atoms with Crippen molar-refractivity contribution in [3.05, 3.63) is 77.6 Å². The summed E-state index contributed by atoms with van der Waals surface area (Å²) in [4.78, 5) is 27.9. The number of anilines is 4. The van der Waals surface area contributed by atoms with Crippen LogP contribution in [0.3, 0.4) is 0 Å². The lowest BCUT2D eigenvalue weighted by Gasteiger charge is -2.11. The molecule has 6 heteroatoms. The maximum absolute atomic E-state index is 12.6. The molecule has 0 aliphatic heterocycles. The van der Waals surface area contributed by atoms with Crippen molar-refractivity contribution >= 4 is 34.6 Å². The van der Waals surface area contributed by atoms with Crippen LogP contribution in [0.1, 0.15) is 28.4 Å². The first-order valence-electron chi connectivity index (χ1n) is 8.89. The lowest BCUT2D eigenvalue weighted by atomic mass is 10.1. The summed E-state index contributed by atoms with van der Waals surface area (Å²) in [5.74, 6) is -0.366. The van der Waals surface area contributed by atoms with Crippen molar-refractivity contribution in [3.63, 3.8) is 0 Å². The molecule has 3 N–H and O–H groups in total. The largest absolute Gasteiger partial charge is 0.354 e. The topological polar surface area (TPSA) is 83.1 Å². The van der Waals surface area contributed by atoms with Crippen LogP contribution in [0.4, 0.5) is 22.7 Å². The Morgan fingerprint density at radius 2 is 1.54 bits per heavy atom. The molecular weight excluding hydrogens is 352 g/mol. The number of carbonyl (C=O) groups is 2. The van der Waals surface area contributed by atoms with Gasteiger partial charge in [-0.3, -0.25) is 14.6 Å². The Kier molecular flexibility index (Phi) is 5.69. The molecule has 3 rings (SSSR count). The van der Waals surface area contributed by atoms with Gasteiger partial charge in [0.05, 0.1) is 17.4 Å². The lowest BCUT2D eigenvalue weighted by Crippen LogP contribution is -2.12. The number of amides is 2. The number of nitrogens with zero attached hydrogens (tertiary/aromatic N) is 1. The zero-order valence-electron chi connectivity index (χ0n) is 16.0. The second-order valence-electron chi connectivity index (χ2n) is 6.60. The average Bonchev–Trinajstić information content (AvgIpc) is 2.65. The van der Waals surface area contributed by atoms with E-state index in [1.807, 2.05) is 50.2 Å². The van der Waals surface area contributed by atoms with Gasteiger partial charge in [-0.1, -0.05) is 12.1 Å². The summed E-state index contributed by atoms with van der Waals surface area (Å²) in [6.07, 6.45) is 3.16. The van der Waals surface area contributed by atoms with Gasteiger partial charge in [0.25, 0.3) is 5.91 Å². The van der Waals surface area contributed by atoms with Crippen LogP contribution in [-0.4, -0.2) is 16.8 Å². The normalized spacial score (nSPS) is 10.2. The summed E-state index contributed by atoms with van der Waals surface area (Å²) in [5.41, 5.74) is 5.62. The maximum Gasteiger partial charge on any atom is 0.257 e. The fourth-order valence-electron chi connectivity index (χ4n) is 2.70. The van der Waals surface area contributed by atoms with E-state index in [1.54, 1.807) is 18.3 Å². The number of hydrogen-bond donors (Lipinski definition) is 3. The third-order valence-electron chi connectivity index (χ3n) is 4.24. The number of pyridine rings is 1. The molecule has 0 saturated heterocycles. The Morgan fingerprint density at radius 3 is 2.29 bits per heavy atom. The highest BCUT2D eigenvalue weighted by atomic mass is 16.2. The first kappa shape index (κ1) is 19.1. The minimum absolute atomic E-state index is 0.135. The van der Waals surface area contributed by atoms with Crippen LogP contribution in [0, 0.1) is 13.8 Å². The highest BCUT2D eigenvalue weighted by Gasteiger charge is 2.09. The number of carbonyl (C=O) groups excluding carboxylic acids is 2. The van der Waals surface area contributed by atoms with E-state index in [1.165, 1.54) is 18.7 Å². The molecule has 0 atom stereocenters. The maximum atomic E-state index is 12.6. The Bertz CT molecular complexity index is 1030. The molecule has 0 aliphatic rings. The van der Waals surface area contributed by atoms with Gasteiger partial charge in [-0.25, -0.2) is 0 Å². The lowest BCUT2D eigenvalue weighted by molar-refractivity contribution is -0.114. The quantitative estimate of drug-likeness (QED) is 0.607. The molecule has 2 amide bonds. The van der Waals surface area contributed by atoms with Crippen LogP contribution in [0.15, 0.2) is 60.9 Å². The van der Waals surface area contributed by atoms with Gasteiger partial charge in [-0.15, -0.1) is 0 Å². The van der Waals surface area contributed by atoms with Crippen LogP contribution in [0.2, 0.25) is 0 Å². The minimum Gasteiger partial charge on any atom is -0.354 e. The van der Waals surface area contributed by atoms with E-state index in [4.69, 9.17) is 0 Å². The van der Waals surface area contributed by atoms with Gasteiger partial charge in [0.2, 0.25) is 5.91 Å². The molecule has 0 aliphatic carbocycles.